The van der Waals surface area contributed by atoms with E-state index < -0.39 is 21.0 Å². The van der Waals surface area contributed by atoms with Crippen LogP contribution in [0.25, 0.3) is 24.2 Å². The number of hydrogen-bond donors (Lipinski definition) is 8. The van der Waals surface area contributed by atoms with Crippen LogP contribution in [0.5, 0.6) is 11.6 Å². The van der Waals surface area contributed by atoms with Crippen molar-refractivity contribution in [1.82, 2.24) is 64.9 Å². The number of aryl methyl sites for hydroxylation is 2. The minimum Gasteiger partial charge on any atom is -0.506 e. The number of pyridine rings is 1. The number of phenols is 1. The second-order valence-corrected chi connectivity index (χ2v) is 33.3. The van der Waals surface area contributed by atoms with Gasteiger partial charge in [-0.15, -0.1) is 40.9 Å². The Morgan fingerprint density at radius 1 is 0.510 bits per heavy atom. The summed E-state index contributed by atoms with van der Waals surface area (Å²) >= 11 is 0. The van der Waals surface area contributed by atoms with E-state index in [1.54, 1.807) is 26.2 Å². The minimum atomic E-state index is -3.55. The van der Waals surface area contributed by atoms with Crippen molar-refractivity contribution in [3.8, 4) is 11.6 Å². The molecule has 552 valence electrons. The fraction of sp³-hybridized carbons (Fsp3) is 0.514. The number of H-pyrrole nitrogens is 5. The molecule has 0 spiro atoms. The first-order chi connectivity index (χ1) is 47.8. The molecule has 7 aromatic heterocycles. The van der Waals surface area contributed by atoms with Crippen LogP contribution in [0, 0.1) is 39.8 Å². The zero-order valence-electron chi connectivity index (χ0n) is 64.2. The lowest BCUT2D eigenvalue weighted by atomic mass is 9.87. The molecule has 0 saturated heterocycles. The molecule has 8 rings (SSSR count). The molecule has 0 fully saturated rings. The second-order valence-electron chi connectivity index (χ2n) is 31.6. The second kappa shape index (κ2) is 31.8. The molecule has 0 atom stereocenters. The standard InChI is InChI=1S/C19H23N7O2.C18H23N5O.C17H26N8O2S.C16H23N7O/c1-8-9-10-26-17(27)12(20-6)11(2)13(18(26)28)22-24-16-14(21-7)15(23-25-16)19(3,4)5;1-17(2,3)11-8-9-13(24)12(10-11)20-22-16-14(19-7)15(21-23-16)18(4,5)6;1-16(2,3)12-10(18-7)14(22-20-12)21-19-11-13(17(4,5)6)23-25(8)15(11)24-28(9,26)27;1-15(2,3)11-9(17-7)13(21-19-11)20-18-10-12(16(4,5)6)22-23(8)14(10)24/h27H,8-10H2,1-5H3,(H,23,25);8-10,24H,1-6H3,(H,21,23);24H,1-6,8-9H3,(H,20,22);22H,1-6,8H3,(H,19,21). The van der Waals surface area contributed by atoms with Gasteiger partial charge in [0.05, 0.1) is 50.5 Å². The SMILES string of the molecule is [C-]#[N+]c1c(N=Nc2c(C(C)(C)C)[nH]n(C)c2=O)n[nH]c1C(C)(C)C.[C-]#[N+]c1c(N=Nc2c(C(C)(C)C)nn(C)c2NS(C)(=O)=O)n[nH]c1C(C)(C)C.[C-]#[N+]c1c(N=Nc2c(C)c([N+]#[C-])c(O)n(CCCC)c2=O)n[nH]c1C(C)(C)C.[C-]#[N+]c1c(N=Nc2cc(C(C)(C)C)ccc2O)n[nH]c1C(C)(C)C. The van der Waals surface area contributed by atoms with Crippen molar-refractivity contribution in [2.24, 2.45) is 55.0 Å². The molecule has 0 unspecified atom stereocenters. The summed E-state index contributed by atoms with van der Waals surface area (Å²) in [5.41, 5.74) is 4.56. The first kappa shape index (κ1) is 83.1. The number of sulfonamides is 1. The molecular weight excluding hydrogens is 1350 g/mol. The lowest BCUT2D eigenvalue weighted by Gasteiger charge is -2.19. The van der Waals surface area contributed by atoms with Gasteiger partial charge in [-0.25, -0.2) is 37.3 Å². The Labute approximate surface area is 606 Å². The number of nitrogens with zero attached hydrogens (tertiary/aromatic N) is 21. The van der Waals surface area contributed by atoms with Crippen molar-refractivity contribution in [2.45, 2.75) is 217 Å². The highest BCUT2D eigenvalue weighted by atomic mass is 32.2. The summed E-state index contributed by atoms with van der Waals surface area (Å²) in [7, 11) is -0.292. The molecule has 7 heterocycles. The lowest BCUT2D eigenvalue weighted by Crippen LogP contribution is -2.20. The molecular formula is C70H95N27O6S. The van der Waals surface area contributed by atoms with Gasteiger partial charge in [0, 0.05) is 54.2 Å². The molecule has 34 heteroatoms. The summed E-state index contributed by atoms with van der Waals surface area (Å²) < 4.78 is 29.9. The largest absolute Gasteiger partial charge is 0.506 e. The summed E-state index contributed by atoms with van der Waals surface area (Å²) in [6, 6.07) is 5.27. The van der Waals surface area contributed by atoms with Crippen molar-refractivity contribution in [3.05, 3.63) is 141 Å². The van der Waals surface area contributed by atoms with Gasteiger partial charge in [-0.05, 0) is 63.7 Å². The van der Waals surface area contributed by atoms with Crippen LogP contribution in [-0.4, -0.2) is 89.8 Å². The van der Waals surface area contributed by atoms with E-state index in [1.165, 1.54) is 16.3 Å². The monoisotopic (exact) mass is 1440 g/mol. The highest BCUT2D eigenvalue weighted by molar-refractivity contribution is 7.92. The van der Waals surface area contributed by atoms with Gasteiger partial charge >= 0.3 is 0 Å². The minimum absolute atomic E-state index is 0.0348. The van der Waals surface area contributed by atoms with Crippen molar-refractivity contribution >= 4 is 90.3 Å². The Kier molecular flexibility index (Phi) is 25.4. The van der Waals surface area contributed by atoms with Gasteiger partial charge in [0.2, 0.25) is 39.0 Å². The molecule has 0 aliphatic rings. The fourth-order valence-corrected chi connectivity index (χ4v) is 10.3. The van der Waals surface area contributed by atoms with Gasteiger partial charge in [-0.1, -0.05) is 165 Å². The number of rotatable bonds is 13. The van der Waals surface area contributed by atoms with E-state index in [9.17, 15) is 28.2 Å². The molecule has 104 heavy (non-hydrogen) atoms. The average molecular weight is 1440 g/mol. The van der Waals surface area contributed by atoms with E-state index in [2.05, 4.69) is 142 Å². The molecule has 0 radical (unpaired) electrons. The highest BCUT2D eigenvalue weighted by Gasteiger charge is 2.32. The van der Waals surface area contributed by atoms with E-state index in [1.807, 2.05) is 138 Å². The van der Waals surface area contributed by atoms with Crippen molar-refractivity contribution in [1.29, 1.82) is 0 Å². The van der Waals surface area contributed by atoms with Gasteiger partial charge in [-0.2, -0.15) is 25.5 Å². The third kappa shape index (κ3) is 19.9. The Hall–Kier alpha value is -11.6. The number of benzene rings is 1. The van der Waals surface area contributed by atoms with Crippen LogP contribution in [0.4, 0.5) is 80.3 Å². The Morgan fingerprint density at radius 2 is 0.885 bits per heavy atom. The topological polar surface area (TPSA) is 400 Å². The van der Waals surface area contributed by atoms with Crippen LogP contribution < -0.4 is 15.8 Å². The summed E-state index contributed by atoms with van der Waals surface area (Å²) in [5, 5.41) is 88.1. The van der Waals surface area contributed by atoms with Crippen LogP contribution in [0.15, 0.2) is 68.7 Å². The van der Waals surface area contributed by atoms with Gasteiger partial charge in [-0.3, -0.25) is 49.1 Å². The van der Waals surface area contributed by atoms with Crippen molar-refractivity contribution in [3.63, 3.8) is 0 Å². The number of aromatic nitrogens is 13. The summed E-state index contributed by atoms with van der Waals surface area (Å²) in [6.45, 7) is 82.4. The maximum atomic E-state index is 12.8. The van der Waals surface area contributed by atoms with E-state index in [0.717, 1.165) is 28.5 Å². The first-order valence-electron chi connectivity index (χ1n) is 32.9. The van der Waals surface area contributed by atoms with E-state index >= 15 is 0 Å². The number of nitrogens with one attached hydrogen (secondary N) is 6. The predicted octanol–water partition coefficient (Wildman–Crippen LogP) is 19.0. The van der Waals surface area contributed by atoms with Crippen molar-refractivity contribution < 1.29 is 18.6 Å². The summed E-state index contributed by atoms with van der Waals surface area (Å²) in [5.74, 6) is 0.537. The van der Waals surface area contributed by atoms with E-state index in [0.29, 0.717) is 52.0 Å². The van der Waals surface area contributed by atoms with Crippen LogP contribution in [0.1, 0.15) is 210 Å². The van der Waals surface area contributed by atoms with Crippen LogP contribution in [0.2, 0.25) is 0 Å². The fourth-order valence-electron chi connectivity index (χ4n) is 9.69. The van der Waals surface area contributed by atoms with E-state index in [4.69, 9.17) is 32.9 Å². The number of anilines is 1. The van der Waals surface area contributed by atoms with Crippen LogP contribution >= 0.6 is 0 Å². The van der Waals surface area contributed by atoms with Gasteiger partial charge in [0.1, 0.15) is 17.1 Å². The number of unbranched alkanes of at least 4 members (excludes halogenated alkanes) is 1. The predicted molar refractivity (Wildman–Crippen MR) is 401 cm³/mol. The summed E-state index contributed by atoms with van der Waals surface area (Å²) in [4.78, 5) is 42.5. The van der Waals surface area contributed by atoms with Gasteiger partial charge in [0.25, 0.3) is 33.9 Å². The molecule has 0 aliphatic carbocycles. The Morgan fingerprint density at radius 3 is 1.23 bits per heavy atom. The highest BCUT2D eigenvalue weighted by Crippen LogP contribution is 2.45. The molecule has 0 saturated carbocycles. The quantitative estimate of drug-likeness (QED) is 0.0396. The molecule has 0 aliphatic heterocycles. The smallest absolute Gasteiger partial charge is 0.294 e. The molecule has 33 nitrogen and oxygen atoms in total. The normalized spacial score (nSPS) is 12.5. The van der Waals surface area contributed by atoms with Gasteiger partial charge in [0.15, 0.2) is 23.1 Å². The van der Waals surface area contributed by atoms with Crippen molar-refractivity contribution in [2.75, 3.05) is 11.0 Å². The maximum absolute atomic E-state index is 12.8. The molecule has 0 amide bonds. The molecule has 8 aromatic rings. The molecule has 1 aromatic carbocycles. The molecule has 0 bridgehead atoms. The molecule has 8 N–H and O–H groups in total. The number of phenolic OH excluding ortho intramolecular Hbond substituents is 1. The first-order valence-corrected chi connectivity index (χ1v) is 34.8. The zero-order chi connectivity index (χ0) is 79.0. The van der Waals surface area contributed by atoms with Gasteiger partial charge < -0.3 is 10.2 Å². The lowest BCUT2D eigenvalue weighted by molar-refractivity contribution is 0.405. The maximum Gasteiger partial charge on any atom is 0.294 e. The number of hydrogen-bond acceptors (Lipinski definition) is 19. The number of aromatic hydroxyl groups is 2. The third-order valence-corrected chi connectivity index (χ3v) is 16.0. The summed E-state index contributed by atoms with van der Waals surface area (Å²) in [6.07, 6.45) is 2.54. The Bertz CT molecular complexity index is 5060. The van der Waals surface area contributed by atoms with Crippen LogP contribution in [-0.2, 0) is 68.6 Å². The number of azo groups is 4. The van der Waals surface area contributed by atoms with E-state index in [-0.39, 0.29) is 125 Å². The average Bonchev–Trinajstić information content (AvgIpc) is 1.75. The number of aromatic amines is 5. The van der Waals surface area contributed by atoms with Crippen LogP contribution in [0.3, 0.4) is 0 Å². The Balaban J connectivity index is 0.000000250. The zero-order valence-corrected chi connectivity index (χ0v) is 65.0. The third-order valence-electron chi connectivity index (χ3n) is 15.4.